The van der Waals surface area contributed by atoms with Crippen LogP contribution in [0, 0.1) is 11.6 Å². The van der Waals surface area contributed by atoms with Gasteiger partial charge in [0.2, 0.25) is 5.91 Å². The second-order valence-corrected chi connectivity index (χ2v) is 13.7. The molecule has 3 aromatic rings. The number of anilines is 1. The molecule has 1 fully saturated rings. The highest BCUT2D eigenvalue weighted by Gasteiger charge is 2.37. The molecule has 1 atom stereocenters. The molecule has 0 spiro atoms. The number of piperazine rings is 1. The average molecular weight is 714 g/mol. The minimum atomic E-state index is -1.01. The summed E-state index contributed by atoms with van der Waals surface area (Å²) in [5.74, 6) is -1.86. The fourth-order valence-electron chi connectivity index (χ4n) is 5.92. The molecule has 5 rings (SSSR count). The maximum absolute atomic E-state index is 15.2. The Labute approximate surface area is 281 Å². The lowest BCUT2D eigenvalue weighted by atomic mass is 10.1. The van der Waals surface area contributed by atoms with E-state index in [4.69, 9.17) is 15.2 Å². The van der Waals surface area contributed by atoms with Crippen molar-refractivity contribution in [2.45, 2.75) is 65.0 Å². The van der Waals surface area contributed by atoms with Gasteiger partial charge in [0.05, 0.1) is 12.2 Å². The van der Waals surface area contributed by atoms with E-state index >= 15 is 4.39 Å². The number of nitrogens with zero attached hydrogens (tertiary/aromatic N) is 3. The number of amides is 2. The van der Waals surface area contributed by atoms with Gasteiger partial charge in [-0.05, 0) is 69.2 Å². The molecule has 0 radical (unpaired) electrons. The summed E-state index contributed by atoms with van der Waals surface area (Å²) in [6.45, 7) is 8.57. The van der Waals surface area contributed by atoms with Crippen LogP contribution < -0.4 is 15.4 Å². The summed E-state index contributed by atoms with van der Waals surface area (Å²) in [6.07, 6.45) is -0.0526. The van der Waals surface area contributed by atoms with Crippen LogP contribution in [0.2, 0.25) is 0 Å². The van der Waals surface area contributed by atoms with E-state index < -0.39 is 35.2 Å². The van der Waals surface area contributed by atoms with Crippen molar-refractivity contribution in [1.82, 2.24) is 9.80 Å². The van der Waals surface area contributed by atoms with Crippen molar-refractivity contribution < 1.29 is 32.6 Å². The van der Waals surface area contributed by atoms with Crippen LogP contribution in [0.4, 0.5) is 14.5 Å². The SMILES string of the molecule is CC(C)(C)OC(=O)CCC(C(N)=O)N1Cc2c(OCc3ccc(CN4CCN(c5ccc(Br)cc5F)CC4)cc3F)cccc2C1=O. The van der Waals surface area contributed by atoms with E-state index in [1.54, 1.807) is 51.1 Å². The first-order valence-corrected chi connectivity index (χ1v) is 16.3. The number of esters is 1. The average Bonchev–Trinajstić information content (AvgIpc) is 3.33. The van der Waals surface area contributed by atoms with Gasteiger partial charge in [-0.15, -0.1) is 0 Å². The van der Waals surface area contributed by atoms with E-state index in [0.717, 1.165) is 5.56 Å². The van der Waals surface area contributed by atoms with Crippen LogP contribution in [0.25, 0.3) is 0 Å². The maximum Gasteiger partial charge on any atom is 0.306 e. The predicted molar refractivity (Wildman–Crippen MR) is 177 cm³/mol. The smallest absolute Gasteiger partial charge is 0.306 e. The lowest BCUT2D eigenvalue weighted by Gasteiger charge is -2.36. The summed E-state index contributed by atoms with van der Waals surface area (Å²) < 4.78 is 41.6. The van der Waals surface area contributed by atoms with E-state index in [2.05, 4.69) is 20.8 Å². The summed E-state index contributed by atoms with van der Waals surface area (Å²) in [4.78, 5) is 43.4. The van der Waals surface area contributed by atoms with Gasteiger partial charge in [-0.2, -0.15) is 0 Å². The van der Waals surface area contributed by atoms with E-state index in [9.17, 15) is 18.8 Å². The first kappa shape index (κ1) is 34.3. The number of nitrogens with two attached hydrogens (primary N) is 1. The quantitative estimate of drug-likeness (QED) is 0.260. The normalized spacial score (nSPS) is 15.8. The van der Waals surface area contributed by atoms with Crippen molar-refractivity contribution in [3.8, 4) is 5.75 Å². The number of carbonyl (C=O) groups excluding carboxylic acids is 3. The van der Waals surface area contributed by atoms with Crippen molar-refractivity contribution in [3.63, 3.8) is 0 Å². The summed E-state index contributed by atoms with van der Waals surface area (Å²) >= 11 is 3.29. The van der Waals surface area contributed by atoms with Gasteiger partial charge >= 0.3 is 5.97 Å². The molecule has 3 aromatic carbocycles. The Balaban J connectivity index is 1.17. The number of fused-ring (bicyclic) bond motifs is 1. The van der Waals surface area contributed by atoms with Crippen LogP contribution >= 0.6 is 15.9 Å². The molecule has 0 aromatic heterocycles. The Morgan fingerprint density at radius 1 is 1.00 bits per heavy atom. The molecule has 2 aliphatic heterocycles. The van der Waals surface area contributed by atoms with Gasteiger partial charge in [0.25, 0.3) is 5.91 Å². The van der Waals surface area contributed by atoms with Crippen LogP contribution in [-0.2, 0) is 34.0 Å². The minimum absolute atomic E-state index is 0.0249. The number of rotatable bonds is 11. The third kappa shape index (κ3) is 8.47. The third-order valence-electron chi connectivity index (χ3n) is 8.23. The monoisotopic (exact) mass is 712 g/mol. The molecule has 2 N–H and O–H groups in total. The van der Waals surface area contributed by atoms with Crippen LogP contribution in [0.3, 0.4) is 0 Å². The van der Waals surface area contributed by atoms with E-state index in [0.29, 0.717) is 65.3 Å². The number of benzene rings is 3. The molecule has 0 aliphatic carbocycles. The molecular formula is C35H39BrF2N4O5. The highest BCUT2D eigenvalue weighted by Crippen LogP contribution is 2.34. The minimum Gasteiger partial charge on any atom is -0.488 e. The number of primary amides is 1. The van der Waals surface area contributed by atoms with Gasteiger partial charge in [-0.1, -0.05) is 34.1 Å². The largest absolute Gasteiger partial charge is 0.488 e. The molecule has 1 unspecified atom stereocenters. The van der Waals surface area contributed by atoms with Gasteiger partial charge in [0.15, 0.2) is 0 Å². The lowest BCUT2D eigenvalue weighted by molar-refractivity contribution is -0.155. The van der Waals surface area contributed by atoms with Crippen molar-refractivity contribution in [2.24, 2.45) is 5.73 Å². The molecule has 2 amide bonds. The highest BCUT2D eigenvalue weighted by molar-refractivity contribution is 9.10. The fourth-order valence-corrected chi connectivity index (χ4v) is 6.25. The second kappa shape index (κ2) is 14.4. The topological polar surface area (TPSA) is 105 Å². The van der Waals surface area contributed by atoms with Crippen LogP contribution in [0.15, 0.2) is 59.1 Å². The van der Waals surface area contributed by atoms with Crippen LogP contribution in [0.1, 0.15) is 60.7 Å². The highest BCUT2D eigenvalue weighted by atomic mass is 79.9. The Morgan fingerprint density at radius 2 is 1.74 bits per heavy atom. The lowest BCUT2D eigenvalue weighted by Crippen LogP contribution is -2.46. The molecule has 47 heavy (non-hydrogen) atoms. The van der Waals surface area contributed by atoms with E-state index in [1.807, 2.05) is 17.0 Å². The van der Waals surface area contributed by atoms with Gasteiger partial charge in [-0.25, -0.2) is 8.78 Å². The number of ether oxygens (including phenoxy) is 2. The molecular weight excluding hydrogens is 674 g/mol. The Morgan fingerprint density at radius 3 is 2.40 bits per heavy atom. The van der Waals surface area contributed by atoms with Crippen molar-refractivity contribution in [3.05, 3.63) is 93.0 Å². The predicted octanol–water partition coefficient (Wildman–Crippen LogP) is 5.56. The van der Waals surface area contributed by atoms with Gasteiger partial charge < -0.3 is 25.0 Å². The van der Waals surface area contributed by atoms with Crippen LogP contribution in [0.5, 0.6) is 5.75 Å². The van der Waals surface area contributed by atoms with Crippen molar-refractivity contribution in [2.75, 3.05) is 31.1 Å². The molecule has 9 nitrogen and oxygen atoms in total. The summed E-state index contributed by atoms with van der Waals surface area (Å²) in [6, 6.07) is 14.1. The first-order chi connectivity index (χ1) is 22.3. The fraction of sp³-hybridized carbons (Fsp3) is 0.400. The zero-order valence-electron chi connectivity index (χ0n) is 26.7. The number of carbonyl (C=O) groups is 3. The molecule has 0 bridgehead atoms. The van der Waals surface area contributed by atoms with Gasteiger partial charge in [0, 0.05) is 60.3 Å². The second-order valence-electron chi connectivity index (χ2n) is 12.8. The maximum atomic E-state index is 15.2. The summed E-state index contributed by atoms with van der Waals surface area (Å²) in [5, 5.41) is 0. The molecule has 2 aliphatic rings. The molecule has 1 saturated heterocycles. The number of hydrogen-bond donors (Lipinski definition) is 1. The van der Waals surface area contributed by atoms with Gasteiger partial charge in [-0.3, -0.25) is 19.3 Å². The van der Waals surface area contributed by atoms with Crippen LogP contribution in [-0.4, -0.2) is 65.4 Å². The zero-order valence-corrected chi connectivity index (χ0v) is 28.3. The Bertz CT molecular complexity index is 1660. The zero-order chi connectivity index (χ0) is 33.9. The third-order valence-corrected chi connectivity index (χ3v) is 8.72. The van der Waals surface area contributed by atoms with Crippen molar-refractivity contribution >= 4 is 39.4 Å². The van der Waals surface area contributed by atoms with E-state index in [-0.39, 0.29) is 31.8 Å². The number of halogens is 3. The Hall–Kier alpha value is -4.03. The van der Waals surface area contributed by atoms with Crippen molar-refractivity contribution in [1.29, 1.82) is 0 Å². The molecule has 0 saturated carbocycles. The Kier molecular flexibility index (Phi) is 10.5. The first-order valence-electron chi connectivity index (χ1n) is 15.6. The molecule has 12 heteroatoms. The number of hydrogen-bond acceptors (Lipinski definition) is 7. The van der Waals surface area contributed by atoms with E-state index in [1.165, 1.54) is 17.0 Å². The standard InChI is InChI=1S/C35H39BrF2N4O5/c1-35(2,3)47-32(43)12-11-30(33(39)44)42-20-26-25(34(42)45)5-4-6-31(26)46-21-23-8-7-22(17-27(23)37)19-40-13-15-41(16-14-40)29-10-9-24(36)18-28(29)38/h4-10,17-18,30H,11-16,19-21H2,1-3H3,(H2,39,44). The van der Waals surface area contributed by atoms with Gasteiger partial charge in [0.1, 0.15) is 35.6 Å². The summed E-state index contributed by atoms with van der Waals surface area (Å²) in [5.41, 5.74) is 7.66. The molecule has 250 valence electrons. The summed E-state index contributed by atoms with van der Waals surface area (Å²) in [7, 11) is 0. The molecule has 2 heterocycles.